The highest BCUT2D eigenvalue weighted by Crippen LogP contribution is 2.31. The van der Waals surface area contributed by atoms with E-state index in [0.29, 0.717) is 0 Å². The van der Waals surface area contributed by atoms with Crippen molar-refractivity contribution in [3.05, 3.63) is 23.8 Å². The predicted molar refractivity (Wildman–Crippen MR) is 112 cm³/mol. The highest BCUT2D eigenvalue weighted by atomic mass is 16.4. The van der Waals surface area contributed by atoms with Gasteiger partial charge in [0.1, 0.15) is 0 Å². The maximum absolute atomic E-state index is 10.8. The predicted octanol–water partition coefficient (Wildman–Crippen LogP) is 6.76. The van der Waals surface area contributed by atoms with Crippen molar-refractivity contribution < 1.29 is 19.8 Å². The largest absolute Gasteiger partial charge is 0.481 e. The molecular formula is C23H40O4. The molecule has 0 aromatic rings. The van der Waals surface area contributed by atoms with Gasteiger partial charge in [0.15, 0.2) is 0 Å². The van der Waals surface area contributed by atoms with Gasteiger partial charge in [-0.05, 0) is 13.3 Å². The van der Waals surface area contributed by atoms with Crippen molar-refractivity contribution in [3.63, 3.8) is 0 Å². The molecule has 1 atom stereocenters. The summed E-state index contributed by atoms with van der Waals surface area (Å²) in [5.41, 5.74) is -0.949. The van der Waals surface area contributed by atoms with Crippen molar-refractivity contribution in [2.24, 2.45) is 5.41 Å². The van der Waals surface area contributed by atoms with Crippen LogP contribution in [0.2, 0.25) is 0 Å². The van der Waals surface area contributed by atoms with Crippen LogP contribution in [-0.2, 0) is 9.59 Å². The molecule has 0 saturated carbocycles. The molecule has 156 valence electrons. The minimum atomic E-state index is -1.08. The van der Waals surface area contributed by atoms with Crippen molar-refractivity contribution in [2.75, 3.05) is 0 Å². The lowest BCUT2D eigenvalue weighted by Gasteiger charge is -2.23. The Hall–Kier alpha value is -1.58. The minimum absolute atomic E-state index is 0.0359. The number of hydrogen-bond donors (Lipinski definition) is 2. The van der Waals surface area contributed by atoms with Gasteiger partial charge in [-0.15, -0.1) is 0 Å². The summed E-state index contributed by atoms with van der Waals surface area (Å²) in [5.74, 6) is -2.06. The fourth-order valence-electron chi connectivity index (χ4n) is 3.10. The summed E-state index contributed by atoms with van der Waals surface area (Å²) in [5, 5.41) is 17.5. The van der Waals surface area contributed by atoms with Crippen LogP contribution in [0.5, 0.6) is 0 Å². The van der Waals surface area contributed by atoms with Gasteiger partial charge < -0.3 is 10.2 Å². The van der Waals surface area contributed by atoms with Crippen molar-refractivity contribution in [1.29, 1.82) is 0 Å². The van der Waals surface area contributed by atoms with Crippen LogP contribution >= 0.6 is 0 Å². The van der Waals surface area contributed by atoms with E-state index in [-0.39, 0.29) is 12.0 Å². The third kappa shape index (κ3) is 12.4. The monoisotopic (exact) mass is 380 g/mol. The second-order valence-electron chi connectivity index (χ2n) is 7.79. The first-order chi connectivity index (χ1) is 12.9. The summed E-state index contributed by atoms with van der Waals surface area (Å²) in [6, 6.07) is 0. The normalized spacial score (nSPS) is 18.4. The van der Waals surface area contributed by atoms with Gasteiger partial charge in [0.25, 0.3) is 0 Å². The molecule has 0 aliphatic heterocycles. The molecule has 27 heavy (non-hydrogen) atoms. The number of aliphatic carboxylic acids is 2. The van der Waals surface area contributed by atoms with Crippen LogP contribution in [-0.4, -0.2) is 22.2 Å². The molecular weight excluding hydrogens is 340 g/mol. The summed E-state index contributed by atoms with van der Waals surface area (Å²) in [6.07, 6.45) is 21.9. The standard InChI is InChI=1S/C14H30.C9H10O4/c1-3-5-7-9-11-13-14-12-10-8-6-4-2;1-9(8(12)13)4-2-3-6(5-9)7(10)11/h3-14H2,1-2H3;2-4H,5H2,1H3,(H,10,11)(H,12,13). The van der Waals surface area contributed by atoms with E-state index in [2.05, 4.69) is 13.8 Å². The molecule has 0 heterocycles. The van der Waals surface area contributed by atoms with E-state index < -0.39 is 17.4 Å². The van der Waals surface area contributed by atoms with Crippen LogP contribution in [0.25, 0.3) is 0 Å². The van der Waals surface area contributed by atoms with Gasteiger partial charge in [0.05, 0.1) is 5.41 Å². The molecule has 1 rings (SSSR count). The van der Waals surface area contributed by atoms with Gasteiger partial charge in [-0.25, -0.2) is 4.79 Å². The Labute approximate surface area is 165 Å². The minimum Gasteiger partial charge on any atom is -0.481 e. The second-order valence-corrected chi connectivity index (χ2v) is 7.79. The molecule has 2 N–H and O–H groups in total. The molecule has 1 aliphatic rings. The van der Waals surface area contributed by atoms with Gasteiger partial charge >= 0.3 is 11.9 Å². The van der Waals surface area contributed by atoms with Crippen molar-refractivity contribution in [1.82, 2.24) is 0 Å². The number of rotatable bonds is 13. The topological polar surface area (TPSA) is 74.6 Å². The van der Waals surface area contributed by atoms with Crippen LogP contribution in [0.4, 0.5) is 0 Å². The van der Waals surface area contributed by atoms with Gasteiger partial charge in [-0.2, -0.15) is 0 Å². The number of carbonyl (C=O) groups is 2. The summed E-state index contributed by atoms with van der Waals surface area (Å²) in [7, 11) is 0. The lowest BCUT2D eigenvalue weighted by molar-refractivity contribution is -0.145. The van der Waals surface area contributed by atoms with Gasteiger partial charge in [-0.3, -0.25) is 4.79 Å². The number of carboxylic acids is 2. The number of carboxylic acid groups (broad SMARTS) is 2. The first kappa shape index (κ1) is 25.4. The van der Waals surface area contributed by atoms with Gasteiger partial charge in [0, 0.05) is 5.57 Å². The summed E-state index contributed by atoms with van der Waals surface area (Å²) in [6.45, 7) is 6.07. The summed E-state index contributed by atoms with van der Waals surface area (Å²) in [4.78, 5) is 21.3. The first-order valence-electron chi connectivity index (χ1n) is 10.7. The quantitative estimate of drug-likeness (QED) is 0.346. The SMILES string of the molecule is CC1(C(=O)O)C=CC=C(C(=O)O)C1.CCCCCCCCCCCCCC. The molecule has 0 fully saturated rings. The first-order valence-corrected chi connectivity index (χ1v) is 10.7. The number of hydrogen-bond acceptors (Lipinski definition) is 2. The van der Waals surface area contributed by atoms with E-state index >= 15 is 0 Å². The van der Waals surface area contributed by atoms with Gasteiger partial charge in [-0.1, -0.05) is 109 Å². The van der Waals surface area contributed by atoms with Crippen molar-refractivity contribution in [3.8, 4) is 0 Å². The second kappa shape index (κ2) is 15.5. The Balaban J connectivity index is 0.000000501. The van der Waals surface area contributed by atoms with Crippen LogP contribution < -0.4 is 0 Å². The average Bonchev–Trinajstić information content (AvgIpc) is 2.64. The molecule has 0 aromatic heterocycles. The fraction of sp³-hybridized carbons (Fsp3) is 0.739. The molecule has 0 aromatic carbocycles. The third-order valence-corrected chi connectivity index (χ3v) is 5.04. The number of allylic oxidation sites excluding steroid dienone is 2. The van der Waals surface area contributed by atoms with E-state index in [9.17, 15) is 9.59 Å². The lowest BCUT2D eigenvalue weighted by atomic mass is 9.80. The highest BCUT2D eigenvalue weighted by molar-refractivity contribution is 5.90. The summed E-state index contributed by atoms with van der Waals surface area (Å²) >= 11 is 0. The molecule has 1 unspecified atom stereocenters. The Morgan fingerprint density at radius 2 is 1.26 bits per heavy atom. The lowest BCUT2D eigenvalue weighted by Crippen LogP contribution is -2.28. The van der Waals surface area contributed by atoms with Crippen LogP contribution in [0.3, 0.4) is 0 Å². The maximum Gasteiger partial charge on any atom is 0.331 e. The Kier molecular flexibility index (Phi) is 14.6. The smallest absolute Gasteiger partial charge is 0.331 e. The molecule has 0 spiro atoms. The Bertz CT molecular complexity index is 467. The van der Waals surface area contributed by atoms with Crippen LogP contribution in [0, 0.1) is 5.41 Å². The fourth-order valence-corrected chi connectivity index (χ4v) is 3.10. The van der Waals surface area contributed by atoms with Crippen molar-refractivity contribution >= 4 is 11.9 Å². The maximum atomic E-state index is 10.8. The molecule has 4 nitrogen and oxygen atoms in total. The van der Waals surface area contributed by atoms with Crippen molar-refractivity contribution in [2.45, 2.75) is 104 Å². The highest BCUT2D eigenvalue weighted by Gasteiger charge is 2.34. The van der Waals surface area contributed by atoms with Crippen LogP contribution in [0.15, 0.2) is 23.8 Å². The van der Waals surface area contributed by atoms with E-state index in [1.54, 1.807) is 0 Å². The number of unbranched alkanes of at least 4 members (excludes halogenated alkanes) is 11. The van der Waals surface area contributed by atoms with Crippen LogP contribution in [0.1, 0.15) is 104 Å². The molecule has 1 aliphatic carbocycles. The third-order valence-electron chi connectivity index (χ3n) is 5.04. The molecule has 0 radical (unpaired) electrons. The zero-order valence-electron chi connectivity index (χ0n) is 17.6. The van der Waals surface area contributed by atoms with E-state index in [1.165, 1.54) is 102 Å². The Morgan fingerprint density at radius 1 is 0.852 bits per heavy atom. The van der Waals surface area contributed by atoms with E-state index in [1.807, 2.05) is 0 Å². The Morgan fingerprint density at radius 3 is 1.59 bits per heavy atom. The summed E-state index contributed by atoms with van der Waals surface area (Å²) < 4.78 is 0. The molecule has 0 bridgehead atoms. The zero-order valence-corrected chi connectivity index (χ0v) is 17.6. The van der Waals surface area contributed by atoms with E-state index in [0.717, 1.165) is 0 Å². The van der Waals surface area contributed by atoms with E-state index in [4.69, 9.17) is 10.2 Å². The molecule has 4 heteroatoms. The van der Waals surface area contributed by atoms with Gasteiger partial charge in [0.2, 0.25) is 0 Å². The average molecular weight is 381 g/mol. The zero-order chi connectivity index (χ0) is 20.5. The molecule has 0 amide bonds. The molecule has 0 saturated heterocycles.